The van der Waals surface area contributed by atoms with Crippen molar-refractivity contribution in [2.24, 2.45) is 0 Å². The number of carbonyl (C=O) groups is 1. The van der Waals surface area contributed by atoms with Crippen LogP contribution in [0, 0.1) is 0 Å². The maximum Gasteiger partial charge on any atom is 0.242 e. The first-order valence-corrected chi connectivity index (χ1v) is 8.69. The molecule has 2 N–H and O–H groups in total. The van der Waals surface area contributed by atoms with Crippen LogP contribution in [0.3, 0.4) is 0 Å². The van der Waals surface area contributed by atoms with E-state index in [9.17, 15) is 4.79 Å². The Bertz CT molecular complexity index is 541. The van der Waals surface area contributed by atoms with Gasteiger partial charge >= 0.3 is 0 Å². The van der Waals surface area contributed by atoms with Gasteiger partial charge in [-0.25, -0.2) is 0 Å². The molecule has 1 aromatic rings. The average Bonchev–Trinajstić information content (AvgIpc) is 2.80. The van der Waals surface area contributed by atoms with Gasteiger partial charge in [0.15, 0.2) is 11.5 Å². The zero-order chi connectivity index (χ0) is 16.1. The van der Waals surface area contributed by atoms with Gasteiger partial charge in [0.1, 0.15) is 6.04 Å². The second-order valence-corrected chi connectivity index (χ2v) is 6.42. The van der Waals surface area contributed by atoms with Gasteiger partial charge in [0.05, 0.1) is 13.2 Å². The van der Waals surface area contributed by atoms with Gasteiger partial charge in [-0.05, 0) is 31.9 Å². The first-order valence-electron chi connectivity index (χ1n) is 8.69. The van der Waals surface area contributed by atoms with Crippen molar-refractivity contribution < 1.29 is 14.3 Å². The van der Waals surface area contributed by atoms with E-state index in [2.05, 4.69) is 10.6 Å². The monoisotopic (exact) mass is 318 g/mol. The standard InChI is InChI=1S/C18H26N2O3/c1-13(18(21)20-14-6-3-2-4-7-14)19-15-8-9-16-17(12-15)23-11-5-10-22-16/h8-9,12-14,19H,2-7,10-11H2,1H3,(H,20,21). The third-order valence-electron chi connectivity index (χ3n) is 4.48. The Labute approximate surface area is 137 Å². The van der Waals surface area contributed by atoms with Gasteiger partial charge in [-0.3, -0.25) is 4.79 Å². The Hall–Kier alpha value is -1.91. The summed E-state index contributed by atoms with van der Waals surface area (Å²) in [7, 11) is 0. The van der Waals surface area contributed by atoms with Gasteiger partial charge in [-0.1, -0.05) is 19.3 Å². The van der Waals surface area contributed by atoms with Crippen LogP contribution in [-0.2, 0) is 4.79 Å². The fourth-order valence-corrected chi connectivity index (χ4v) is 3.14. The van der Waals surface area contributed by atoms with Crippen molar-refractivity contribution in [3.8, 4) is 11.5 Å². The van der Waals surface area contributed by atoms with Crippen LogP contribution in [0.15, 0.2) is 18.2 Å². The molecule has 2 aliphatic rings. The average molecular weight is 318 g/mol. The smallest absolute Gasteiger partial charge is 0.242 e. The molecule has 0 aromatic heterocycles. The molecule has 5 nitrogen and oxygen atoms in total. The molecule has 1 atom stereocenters. The molecule has 1 aliphatic heterocycles. The van der Waals surface area contributed by atoms with Crippen molar-refractivity contribution >= 4 is 11.6 Å². The van der Waals surface area contributed by atoms with E-state index in [0.717, 1.165) is 36.4 Å². The van der Waals surface area contributed by atoms with E-state index in [1.54, 1.807) is 0 Å². The number of nitrogens with one attached hydrogen (secondary N) is 2. The fourth-order valence-electron chi connectivity index (χ4n) is 3.14. The molecule has 126 valence electrons. The zero-order valence-electron chi connectivity index (χ0n) is 13.8. The largest absolute Gasteiger partial charge is 0.490 e. The summed E-state index contributed by atoms with van der Waals surface area (Å²) in [6.07, 6.45) is 6.81. The highest BCUT2D eigenvalue weighted by Gasteiger charge is 2.20. The summed E-state index contributed by atoms with van der Waals surface area (Å²) >= 11 is 0. The lowest BCUT2D eigenvalue weighted by atomic mass is 9.95. The summed E-state index contributed by atoms with van der Waals surface area (Å²) in [5.41, 5.74) is 0.876. The van der Waals surface area contributed by atoms with E-state index < -0.39 is 0 Å². The number of amides is 1. The molecule has 0 radical (unpaired) electrons. The van der Waals surface area contributed by atoms with Crippen LogP contribution in [0.5, 0.6) is 11.5 Å². The van der Waals surface area contributed by atoms with E-state index in [1.807, 2.05) is 25.1 Å². The van der Waals surface area contributed by atoms with Crippen molar-refractivity contribution in [1.29, 1.82) is 0 Å². The van der Waals surface area contributed by atoms with Crippen LogP contribution in [0.4, 0.5) is 5.69 Å². The fraction of sp³-hybridized carbons (Fsp3) is 0.611. The van der Waals surface area contributed by atoms with Crippen LogP contribution >= 0.6 is 0 Å². The number of carbonyl (C=O) groups excluding carboxylic acids is 1. The first-order chi connectivity index (χ1) is 11.2. The Morgan fingerprint density at radius 2 is 1.83 bits per heavy atom. The molecule has 1 saturated carbocycles. The normalized spacial score (nSPS) is 19.5. The Morgan fingerprint density at radius 3 is 2.61 bits per heavy atom. The minimum absolute atomic E-state index is 0.0593. The molecule has 5 heteroatoms. The minimum Gasteiger partial charge on any atom is -0.490 e. The third-order valence-corrected chi connectivity index (χ3v) is 4.48. The van der Waals surface area contributed by atoms with Crippen molar-refractivity contribution in [3.05, 3.63) is 18.2 Å². The molecule has 23 heavy (non-hydrogen) atoms. The predicted molar refractivity (Wildman–Crippen MR) is 90.1 cm³/mol. The van der Waals surface area contributed by atoms with Crippen LogP contribution < -0.4 is 20.1 Å². The molecule has 0 spiro atoms. The number of hydrogen-bond donors (Lipinski definition) is 2. The van der Waals surface area contributed by atoms with Crippen LogP contribution in [0.25, 0.3) is 0 Å². The van der Waals surface area contributed by atoms with Crippen molar-refractivity contribution in [1.82, 2.24) is 5.32 Å². The van der Waals surface area contributed by atoms with Gasteiger partial charge in [0.25, 0.3) is 0 Å². The quantitative estimate of drug-likeness (QED) is 0.895. The van der Waals surface area contributed by atoms with E-state index in [4.69, 9.17) is 9.47 Å². The summed E-state index contributed by atoms with van der Waals surface area (Å²) in [6, 6.07) is 5.79. The van der Waals surface area contributed by atoms with Gasteiger partial charge in [0, 0.05) is 24.2 Å². The van der Waals surface area contributed by atoms with E-state index >= 15 is 0 Å². The number of ether oxygens (including phenoxy) is 2. The highest BCUT2D eigenvalue weighted by atomic mass is 16.5. The predicted octanol–water partition coefficient (Wildman–Crippen LogP) is 3.10. The van der Waals surface area contributed by atoms with Crippen LogP contribution in [0.1, 0.15) is 45.4 Å². The number of anilines is 1. The molecule has 1 aliphatic carbocycles. The highest BCUT2D eigenvalue weighted by Crippen LogP contribution is 2.32. The first kappa shape index (κ1) is 16.0. The second kappa shape index (κ2) is 7.57. The molecule has 0 saturated heterocycles. The lowest BCUT2D eigenvalue weighted by molar-refractivity contribution is -0.122. The molecule has 1 amide bonds. The SMILES string of the molecule is CC(Nc1ccc2c(c1)OCCCO2)C(=O)NC1CCCCC1. The highest BCUT2D eigenvalue weighted by molar-refractivity contribution is 5.84. The van der Waals surface area contributed by atoms with Crippen molar-refractivity contribution in [2.45, 2.75) is 57.5 Å². The van der Waals surface area contributed by atoms with Crippen LogP contribution in [-0.4, -0.2) is 31.2 Å². The van der Waals surface area contributed by atoms with E-state index in [-0.39, 0.29) is 11.9 Å². The Kier molecular flexibility index (Phi) is 5.26. The molecular formula is C18H26N2O3. The lowest BCUT2D eigenvalue weighted by Crippen LogP contribution is -2.44. The van der Waals surface area contributed by atoms with E-state index in [0.29, 0.717) is 19.3 Å². The summed E-state index contributed by atoms with van der Waals surface area (Å²) in [5, 5.41) is 6.41. The molecular weight excluding hydrogens is 292 g/mol. The summed E-state index contributed by atoms with van der Waals surface area (Å²) in [6.45, 7) is 3.23. The molecule has 1 unspecified atom stereocenters. The zero-order valence-corrected chi connectivity index (χ0v) is 13.8. The molecule has 0 bridgehead atoms. The van der Waals surface area contributed by atoms with Crippen molar-refractivity contribution in [2.75, 3.05) is 18.5 Å². The number of benzene rings is 1. The summed E-state index contributed by atoms with van der Waals surface area (Å²) in [4.78, 5) is 12.3. The number of fused-ring (bicyclic) bond motifs is 1. The third kappa shape index (κ3) is 4.30. The van der Waals surface area contributed by atoms with Crippen molar-refractivity contribution in [3.63, 3.8) is 0 Å². The minimum atomic E-state index is -0.276. The van der Waals surface area contributed by atoms with Gasteiger partial charge in [-0.2, -0.15) is 0 Å². The maximum atomic E-state index is 12.3. The molecule has 1 heterocycles. The van der Waals surface area contributed by atoms with Gasteiger partial charge in [0.2, 0.25) is 5.91 Å². The molecule has 1 aromatic carbocycles. The van der Waals surface area contributed by atoms with Gasteiger partial charge in [-0.15, -0.1) is 0 Å². The Balaban J connectivity index is 1.57. The van der Waals surface area contributed by atoms with Crippen LogP contribution in [0.2, 0.25) is 0 Å². The molecule has 3 rings (SSSR count). The second-order valence-electron chi connectivity index (χ2n) is 6.42. The maximum absolute atomic E-state index is 12.3. The number of hydrogen-bond acceptors (Lipinski definition) is 4. The summed E-state index contributed by atoms with van der Waals surface area (Å²) in [5.74, 6) is 1.57. The molecule has 1 fully saturated rings. The van der Waals surface area contributed by atoms with Gasteiger partial charge < -0.3 is 20.1 Å². The topological polar surface area (TPSA) is 59.6 Å². The Morgan fingerprint density at radius 1 is 1.09 bits per heavy atom. The lowest BCUT2D eigenvalue weighted by Gasteiger charge is -2.25. The van der Waals surface area contributed by atoms with E-state index in [1.165, 1.54) is 19.3 Å². The number of rotatable bonds is 4. The summed E-state index contributed by atoms with van der Waals surface area (Å²) < 4.78 is 11.3.